The maximum atomic E-state index is 13.4. The quantitative estimate of drug-likeness (QED) is 0.692. The molecule has 2 rings (SSSR count). The summed E-state index contributed by atoms with van der Waals surface area (Å²) >= 11 is 0. The van der Waals surface area contributed by atoms with Crippen molar-refractivity contribution in [3.05, 3.63) is 64.7 Å². The second-order valence-electron chi connectivity index (χ2n) is 4.33. The number of esters is 1. The molecule has 0 aliphatic rings. The predicted molar refractivity (Wildman–Crippen MR) is 71.1 cm³/mol. The molecule has 0 fully saturated rings. The third kappa shape index (κ3) is 2.77. The van der Waals surface area contributed by atoms with Crippen molar-refractivity contribution in [1.82, 2.24) is 0 Å². The molecule has 0 saturated carbocycles. The molecular formula is C15H13F2NO2. The zero-order chi connectivity index (χ0) is 14.7. The molecule has 5 heteroatoms. The highest BCUT2D eigenvalue weighted by molar-refractivity contribution is 5.96. The van der Waals surface area contributed by atoms with E-state index in [4.69, 9.17) is 10.5 Å². The number of benzene rings is 2. The van der Waals surface area contributed by atoms with Gasteiger partial charge in [0.25, 0.3) is 0 Å². The van der Waals surface area contributed by atoms with Crippen LogP contribution in [0.1, 0.15) is 21.5 Å². The summed E-state index contributed by atoms with van der Waals surface area (Å²) in [5.74, 6) is -2.66. The van der Waals surface area contributed by atoms with Gasteiger partial charge in [-0.3, -0.25) is 0 Å². The maximum absolute atomic E-state index is 13.4. The van der Waals surface area contributed by atoms with E-state index in [0.29, 0.717) is 5.56 Å². The Morgan fingerprint density at radius 1 is 1.20 bits per heavy atom. The summed E-state index contributed by atoms with van der Waals surface area (Å²) in [6.45, 7) is 1.37. The molecule has 0 spiro atoms. The van der Waals surface area contributed by atoms with Gasteiger partial charge in [-0.25, -0.2) is 13.6 Å². The van der Waals surface area contributed by atoms with Crippen LogP contribution in [-0.4, -0.2) is 5.97 Å². The Morgan fingerprint density at radius 3 is 2.60 bits per heavy atom. The lowest BCUT2D eigenvalue weighted by molar-refractivity contribution is 0.0468. The number of nitrogens with two attached hydrogens (primary N) is 1. The van der Waals surface area contributed by atoms with E-state index in [1.807, 2.05) is 0 Å². The molecule has 0 amide bonds. The number of nitrogen functional groups attached to an aromatic ring is 1. The molecular weight excluding hydrogens is 264 g/mol. The van der Waals surface area contributed by atoms with Gasteiger partial charge in [0.05, 0.1) is 5.56 Å². The molecule has 2 N–H and O–H groups in total. The Balaban J connectivity index is 2.15. The van der Waals surface area contributed by atoms with Gasteiger partial charge in [-0.05, 0) is 24.6 Å². The molecule has 0 aliphatic heterocycles. The van der Waals surface area contributed by atoms with E-state index in [2.05, 4.69) is 0 Å². The first-order chi connectivity index (χ1) is 9.50. The number of carbonyl (C=O) groups excluding carboxylic acids is 1. The second-order valence-corrected chi connectivity index (χ2v) is 4.33. The Morgan fingerprint density at radius 2 is 1.90 bits per heavy atom. The van der Waals surface area contributed by atoms with E-state index in [1.165, 1.54) is 12.1 Å². The number of aryl methyl sites for hydroxylation is 1. The van der Waals surface area contributed by atoms with Crippen LogP contribution in [0.25, 0.3) is 0 Å². The van der Waals surface area contributed by atoms with E-state index < -0.39 is 17.6 Å². The van der Waals surface area contributed by atoms with Gasteiger partial charge in [-0.15, -0.1) is 0 Å². The van der Waals surface area contributed by atoms with Gasteiger partial charge in [-0.2, -0.15) is 0 Å². The predicted octanol–water partition coefficient (Wildman–Crippen LogP) is 3.21. The standard InChI is InChI=1S/C15H13F2NO2/c1-9-4-2-7-12(18)13(9)15(19)20-8-10-5-3-6-11(16)14(10)17/h2-7H,8,18H2,1H3. The molecule has 0 unspecified atom stereocenters. The second kappa shape index (κ2) is 5.69. The summed E-state index contributed by atoms with van der Waals surface area (Å²) in [6.07, 6.45) is 0. The summed E-state index contributed by atoms with van der Waals surface area (Å²) in [5, 5.41) is 0. The van der Waals surface area contributed by atoms with Crippen LogP contribution >= 0.6 is 0 Å². The number of rotatable bonds is 3. The molecule has 104 valence electrons. The first kappa shape index (κ1) is 14.0. The van der Waals surface area contributed by atoms with Crippen molar-refractivity contribution in [3.8, 4) is 0 Å². The van der Waals surface area contributed by atoms with E-state index in [-0.39, 0.29) is 23.4 Å². The Labute approximate surface area is 115 Å². The number of ether oxygens (including phenoxy) is 1. The minimum Gasteiger partial charge on any atom is -0.457 e. The van der Waals surface area contributed by atoms with E-state index in [0.717, 1.165) is 6.07 Å². The fraction of sp³-hybridized carbons (Fsp3) is 0.133. The molecule has 0 radical (unpaired) electrons. The first-order valence-corrected chi connectivity index (χ1v) is 5.96. The largest absolute Gasteiger partial charge is 0.457 e. The van der Waals surface area contributed by atoms with Gasteiger partial charge in [0.2, 0.25) is 0 Å². The van der Waals surface area contributed by atoms with Gasteiger partial charge in [-0.1, -0.05) is 24.3 Å². The smallest absolute Gasteiger partial charge is 0.340 e. The van der Waals surface area contributed by atoms with Crippen LogP contribution in [-0.2, 0) is 11.3 Å². The Kier molecular flexibility index (Phi) is 3.98. The molecule has 0 bridgehead atoms. The zero-order valence-corrected chi connectivity index (χ0v) is 10.8. The van der Waals surface area contributed by atoms with Crippen molar-refractivity contribution in [2.45, 2.75) is 13.5 Å². The topological polar surface area (TPSA) is 52.3 Å². The number of carbonyl (C=O) groups is 1. The fourth-order valence-corrected chi connectivity index (χ4v) is 1.84. The molecule has 0 aromatic heterocycles. The highest BCUT2D eigenvalue weighted by Crippen LogP contribution is 2.19. The molecule has 20 heavy (non-hydrogen) atoms. The lowest BCUT2D eigenvalue weighted by Gasteiger charge is -2.10. The SMILES string of the molecule is Cc1cccc(N)c1C(=O)OCc1cccc(F)c1F. The molecule has 0 aliphatic carbocycles. The first-order valence-electron chi connectivity index (χ1n) is 5.96. The average Bonchev–Trinajstić information content (AvgIpc) is 2.40. The summed E-state index contributed by atoms with van der Waals surface area (Å²) in [5.41, 5.74) is 6.88. The van der Waals surface area contributed by atoms with Gasteiger partial charge in [0.15, 0.2) is 11.6 Å². The minimum atomic E-state index is -1.02. The maximum Gasteiger partial charge on any atom is 0.340 e. The van der Waals surface area contributed by atoms with Gasteiger partial charge >= 0.3 is 5.97 Å². The van der Waals surface area contributed by atoms with Crippen molar-refractivity contribution in [1.29, 1.82) is 0 Å². The molecule has 0 heterocycles. The van der Waals surface area contributed by atoms with Crippen molar-refractivity contribution in [2.75, 3.05) is 5.73 Å². The van der Waals surface area contributed by atoms with Crippen molar-refractivity contribution in [2.24, 2.45) is 0 Å². The molecule has 0 atom stereocenters. The number of hydrogen-bond acceptors (Lipinski definition) is 3. The fourth-order valence-electron chi connectivity index (χ4n) is 1.84. The van der Waals surface area contributed by atoms with Crippen LogP contribution in [0.2, 0.25) is 0 Å². The van der Waals surface area contributed by atoms with Crippen LogP contribution in [0.5, 0.6) is 0 Å². The summed E-state index contributed by atoms with van der Waals surface area (Å²) < 4.78 is 31.4. The number of halogens is 2. The van der Waals surface area contributed by atoms with Crippen LogP contribution in [0.15, 0.2) is 36.4 Å². The molecule has 3 nitrogen and oxygen atoms in total. The summed E-state index contributed by atoms with van der Waals surface area (Å²) in [4.78, 5) is 11.9. The Hall–Kier alpha value is -2.43. The van der Waals surface area contributed by atoms with Crippen molar-refractivity contribution in [3.63, 3.8) is 0 Å². The van der Waals surface area contributed by atoms with E-state index >= 15 is 0 Å². The van der Waals surface area contributed by atoms with Gasteiger partial charge in [0, 0.05) is 11.3 Å². The molecule has 2 aromatic rings. The number of hydrogen-bond donors (Lipinski definition) is 1. The van der Waals surface area contributed by atoms with E-state index in [1.54, 1.807) is 25.1 Å². The van der Waals surface area contributed by atoms with Crippen LogP contribution in [0.3, 0.4) is 0 Å². The van der Waals surface area contributed by atoms with Gasteiger partial charge < -0.3 is 10.5 Å². The third-order valence-electron chi connectivity index (χ3n) is 2.90. The Bertz CT molecular complexity index is 636. The molecule has 0 saturated heterocycles. The summed E-state index contributed by atoms with van der Waals surface area (Å²) in [6, 6.07) is 8.71. The van der Waals surface area contributed by atoms with Crippen LogP contribution in [0, 0.1) is 18.6 Å². The van der Waals surface area contributed by atoms with Crippen molar-refractivity contribution >= 4 is 11.7 Å². The lowest BCUT2D eigenvalue weighted by Crippen LogP contribution is -2.11. The van der Waals surface area contributed by atoms with E-state index in [9.17, 15) is 13.6 Å². The third-order valence-corrected chi connectivity index (χ3v) is 2.90. The lowest BCUT2D eigenvalue weighted by atomic mass is 10.1. The zero-order valence-electron chi connectivity index (χ0n) is 10.8. The molecule has 2 aromatic carbocycles. The highest BCUT2D eigenvalue weighted by Gasteiger charge is 2.15. The minimum absolute atomic E-state index is 0.0227. The summed E-state index contributed by atoms with van der Waals surface area (Å²) in [7, 11) is 0. The normalized spacial score (nSPS) is 10.3. The van der Waals surface area contributed by atoms with Crippen molar-refractivity contribution < 1.29 is 18.3 Å². The number of anilines is 1. The average molecular weight is 277 g/mol. The monoisotopic (exact) mass is 277 g/mol. The van der Waals surface area contributed by atoms with Crippen LogP contribution < -0.4 is 5.73 Å². The van der Waals surface area contributed by atoms with Gasteiger partial charge in [0.1, 0.15) is 6.61 Å². The highest BCUT2D eigenvalue weighted by atomic mass is 19.2. The van der Waals surface area contributed by atoms with Crippen LogP contribution in [0.4, 0.5) is 14.5 Å².